The van der Waals surface area contributed by atoms with E-state index in [9.17, 15) is 19.5 Å². The molecule has 0 radical (unpaired) electrons. The zero-order valence-corrected chi connectivity index (χ0v) is 20.7. The summed E-state index contributed by atoms with van der Waals surface area (Å²) >= 11 is 0. The van der Waals surface area contributed by atoms with Gasteiger partial charge in [0.15, 0.2) is 12.4 Å². The van der Waals surface area contributed by atoms with Crippen LogP contribution in [0.3, 0.4) is 0 Å². The minimum absolute atomic E-state index is 0.0326. The molecule has 5 atom stereocenters. The molecular formula is C28H31NO8. The Balaban J connectivity index is 1.60. The first-order chi connectivity index (χ1) is 17.9. The molecule has 1 N–H and O–H groups in total. The largest absolute Gasteiger partial charge is 0.457 e. The Hall–Kier alpha value is -3.37. The Kier molecular flexibility index (Phi) is 8.83. The van der Waals surface area contributed by atoms with Crippen LogP contribution in [0.1, 0.15) is 46.0 Å². The van der Waals surface area contributed by atoms with Crippen molar-refractivity contribution in [3.63, 3.8) is 0 Å². The van der Waals surface area contributed by atoms with E-state index in [-0.39, 0.29) is 30.9 Å². The van der Waals surface area contributed by atoms with Gasteiger partial charge in [-0.15, -0.1) is 6.58 Å². The quantitative estimate of drug-likeness (QED) is 0.213. The summed E-state index contributed by atoms with van der Waals surface area (Å²) in [5.74, 6) is -1.82. The van der Waals surface area contributed by atoms with Gasteiger partial charge in [-0.05, 0) is 30.5 Å². The minimum atomic E-state index is -1.39. The maximum absolute atomic E-state index is 13.3. The summed E-state index contributed by atoms with van der Waals surface area (Å²) in [5, 5.41) is 11.2. The van der Waals surface area contributed by atoms with Crippen molar-refractivity contribution < 1.29 is 38.4 Å². The molecule has 0 aliphatic carbocycles. The molecular weight excluding hydrogens is 478 g/mol. The van der Waals surface area contributed by atoms with Gasteiger partial charge in [-0.2, -0.15) is 0 Å². The summed E-state index contributed by atoms with van der Waals surface area (Å²) in [7, 11) is 0. The zero-order chi connectivity index (χ0) is 26.4. The topological polar surface area (TPSA) is 112 Å². The molecule has 9 nitrogen and oxygen atoms in total. The standard InChI is InChI=1S/C28H31NO8/c1-3-4-10-15-35-28-23(29-26(32)20-13-8-9-14-21(20)27(29)33)25(36-18(2)30)24(31)22(37-28)17-34-16-19-11-6-5-7-12-19/h3,5-9,11-14,22-25,28,31H,1,4,10,15-17H2,2H3/t22-,23-,24-,25-,28-/m1/s1. The highest BCUT2D eigenvalue weighted by Crippen LogP contribution is 2.34. The number of unbranched alkanes of at least 4 members (excludes halogenated alkanes) is 1. The number of hydrogen-bond acceptors (Lipinski definition) is 8. The van der Waals surface area contributed by atoms with Crippen LogP contribution in [0.5, 0.6) is 0 Å². The van der Waals surface area contributed by atoms with Crippen molar-refractivity contribution in [3.05, 3.63) is 83.9 Å². The third-order valence-corrected chi connectivity index (χ3v) is 6.30. The van der Waals surface area contributed by atoms with Crippen LogP contribution < -0.4 is 0 Å². The number of carbonyl (C=O) groups excluding carboxylic acids is 3. The third kappa shape index (κ3) is 5.97. The van der Waals surface area contributed by atoms with Crippen molar-refractivity contribution in [2.75, 3.05) is 13.2 Å². The van der Waals surface area contributed by atoms with E-state index < -0.39 is 48.4 Å². The average Bonchev–Trinajstić information content (AvgIpc) is 3.14. The van der Waals surface area contributed by atoms with Crippen LogP contribution in [0.4, 0.5) is 0 Å². The van der Waals surface area contributed by atoms with Crippen LogP contribution in [0.15, 0.2) is 67.3 Å². The highest BCUT2D eigenvalue weighted by atomic mass is 16.7. The van der Waals surface area contributed by atoms with Gasteiger partial charge in [-0.1, -0.05) is 48.5 Å². The van der Waals surface area contributed by atoms with Crippen LogP contribution in [0, 0.1) is 0 Å². The Labute approximate surface area is 215 Å². The second-order valence-corrected chi connectivity index (χ2v) is 8.93. The number of aliphatic hydroxyl groups excluding tert-OH is 1. The van der Waals surface area contributed by atoms with Crippen molar-refractivity contribution in [1.82, 2.24) is 4.90 Å². The summed E-state index contributed by atoms with van der Waals surface area (Å²) in [6.45, 7) is 5.37. The number of imide groups is 1. The van der Waals surface area contributed by atoms with Gasteiger partial charge in [0.1, 0.15) is 18.2 Å². The Morgan fingerprint density at radius 1 is 1.08 bits per heavy atom. The molecule has 0 bridgehead atoms. The first kappa shape index (κ1) is 26.7. The van der Waals surface area contributed by atoms with Crippen molar-refractivity contribution in [3.8, 4) is 0 Å². The fraction of sp³-hybridized carbons (Fsp3) is 0.393. The van der Waals surface area contributed by atoms with Gasteiger partial charge >= 0.3 is 5.97 Å². The van der Waals surface area contributed by atoms with Gasteiger partial charge in [0.2, 0.25) is 0 Å². The Bertz CT molecular complexity index is 1090. The van der Waals surface area contributed by atoms with Gasteiger partial charge < -0.3 is 24.1 Å². The average molecular weight is 510 g/mol. The number of nitrogens with zero attached hydrogens (tertiary/aromatic N) is 1. The summed E-state index contributed by atoms with van der Waals surface area (Å²) < 4.78 is 23.4. The van der Waals surface area contributed by atoms with Crippen molar-refractivity contribution in [2.45, 2.75) is 57.0 Å². The molecule has 0 unspecified atom stereocenters. The van der Waals surface area contributed by atoms with E-state index in [4.69, 9.17) is 18.9 Å². The summed E-state index contributed by atoms with van der Waals surface area (Å²) in [6.07, 6.45) is -1.73. The minimum Gasteiger partial charge on any atom is -0.457 e. The zero-order valence-electron chi connectivity index (χ0n) is 20.7. The summed E-state index contributed by atoms with van der Waals surface area (Å²) in [5.41, 5.74) is 1.38. The molecule has 9 heteroatoms. The second-order valence-electron chi connectivity index (χ2n) is 8.93. The molecule has 196 valence electrons. The van der Waals surface area contributed by atoms with Gasteiger partial charge in [-0.25, -0.2) is 0 Å². The Morgan fingerprint density at radius 2 is 1.73 bits per heavy atom. The van der Waals surface area contributed by atoms with Crippen LogP contribution in [-0.2, 0) is 30.3 Å². The predicted molar refractivity (Wildman–Crippen MR) is 132 cm³/mol. The van der Waals surface area contributed by atoms with Crippen LogP contribution in [0.25, 0.3) is 0 Å². The highest BCUT2D eigenvalue weighted by Gasteiger charge is 2.55. The monoisotopic (exact) mass is 509 g/mol. The van der Waals surface area contributed by atoms with E-state index in [0.717, 1.165) is 10.5 Å². The molecule has 1 fully saturated rings. The van der Waals surface area contributed by atoms with E-state index in [2.05, 4.69) is 6.58 Å². The van der Waals surface area contributed by atoms with Gasteiger partial charge in [0, 0.05) is 6.92 Å². The number of esters is 1. The van der Waals surface area contributed by atoms with Crippen molar-refractivity contribution in [1.29, 1.82) is 0 Å². The highest BCUT2D eigenvalue weighted by molar-refractivity contribution is 6.21. The number of amides is 2. The molecule has 2 aromatic rings. The molecule has 37 heavy (non-hydrogen) atoms. The lowest BCUT2D eigenvalue weighted by molar-refractivity contribution is -0.284. The number of carbonyl (C=O) groups is 3. The molecule has 0 aromatic heterocycles. The first-order valence-corrected chi connectivity index (χ1v) is 12.2. The fourth-order valence-corrected chi connectivity index (χ4v) is 4.55. The van der Waals surface area contributed by atoms with Gasteiger partial charge in [0.25, 0.3) is 11.8 Å². The molecule has 2 heterocycles. The van der Waals surface area contributed by atoms with Gasteiger partial charge in [0.05, 0.1) is 30.9 Å². The maximum Gasteiger partial charge on any atom is 0.303 e. The first-order valence-electron chi connectivity index (χ1n) is 12.2. The predicted octanol–water partition coefficient (Wildman–Crippen LogP) is 2.87. The van der Waals surface area contributed by atoms with Crippen LogP contribution in [0.2, 0.25) is 0 Å². The number of allylic oxidation sites excluding steroid dienone is 1. The SMILES string of the molecule is C=CCCCO[C@@H]1O[C@H](COCc2ccccc2)[C@@H](O)[C@H](OC(C)=O)[C@H]1N1C(=O)c2ccccc2C1=O. The lowest BCUT2D eigenvalue weighted by Crippen LogP contribution is -2.66. The van der Waals surface area contributed by atoms with Crippen molar-refractivity contribution >= 4 is 17.8 Å². The van der Waals surface area contributed by atoms with E-state index in [1.807, 2.05) is 30.3 Å². The van der Waals surface area contributed by atoms with E-state index in [0.29, 0.717) is 12.8 Å². The van der Waals surface area contributed by atoms with E-state index in [1.54, 1.807) is 30.3 Å². The van der Waals surface area contributed by atoms with Crippen molar-refractivity contribution in [2.24, 2.45) is 0 Å². The normalized spacial score (nSPS) is 25.1. The number of fused-ring (bicyclic) bond motifs is 1. The molecule has 4 rings (SSSR count). The fourth-order valence-electron chi connectivity index (χ4n) is 4.55. The number of rotatable bonds is 11. The number of benzene rings is 2. The third-order valence-electron chi connectivity index (χ3n) is 6.30. The van der Waals surface area contributed by atoms with Gasteiger partial charge in [-0.3, -0.25) is 19.3 Å². The molecule has 2 aliphatic heterocycles. The molecule has 2 aromatic carbocycles. The molecule has 2 aliphatic rings. The van der Waals surface area contributed by atoms with E-state index in [1.165, 1.54) is 6.92 Å². The van der Waals surface area contributed by atoms with Crippen LogP contribution >= 0.6 is 0 Å². The van der Waals surface area contributed by atoms with Crippen LogP contribution in [-0.4, -0.2) is 71.6 Å². The smallest absolute Gasteiger partial charge is 0.303 e. The number of hydrogen-bond donors (Lipinski definition) is 1. The molecule has 2 amide bonds. The molecule has 0 saturated carbocycles. The second kappa shape index (κ2) is 12.2. The lowest BCUT2D eigenvalue weighted by Gasteiger charge is -2.46. The number of ether oxygens (including phenoxy) is 4. The molecule has 1 saturated heterocycles. The van der Waals surface area contributed by atoms with E-state index >= 15 is 0 Å². The lowest BCUT2D eigenvalue weighted by atomic mass is 9.95. The molecule has 0 spiro atoms. The summed E-state index contributed by atoms with van der Waals surface area (Å²) in [4.78, 5) is 39.7. The number of aliphatic hydroxyl groups is 1. The Morgan fingerprint density at radius 3 is 2.35 bits per heavy atom. The summed E-state index contributed by atoms with van der Waals surface area (Å²) in [6, 6.07) is 14.7. The maximum atomic E-state index is 13.3.